The van der Waals surface area contributed by atoms with E-state index in [2.05, 4.69) is 18.2 Å². The summed E-state index contributed by atoms with van der Waals surface area (Å²) < 4.78 is 7.93. The van der Waals surface area contributed by atoms with Crippen LogP contribution in [0.5, 0.6) is 5.75 Å². The van der Waals surface area contributed by atoms with Crippen molar-refractivity contribution in [3.8, 4) is 16.9 Å². The lowest BCUT2D eigenvalue weighted by atomic mass is 9.92. The van der Waals surface area contributed by atoms with Crippen molar-refractivity contribution < 1.29 is 9.53 Å². The molecular weight excluding hydrogens is 350 g/mol. The second kappa shape index (κ2) is 6.80. The average Bonchev–Trinajstić information content (AvgIpc) is 3.36. The van der Waals surface area contributed by atoms with Gasteiger partial charge in [0, 0.05) is 41.4 Å². The van der Waals surface area contributed by atoms with E-state index < -0.39 is 0 Å². The number of fused-ring (bicyclic) bond motifs is 1. The van der Waals surface area contributed by atoms with Crippen LogP contribution in [0.2, 0.25) is 0 Å². The SMILES string of the molecule is CC(=O)N1c2ccc(-c3cnn(C4CC4)c3)c(O/C=C/Cl)c2CCC1C. The molecule has 1 aromatic carbocycles. The summed E-state index contributed by atoms with van der Waals surface area (Å²) in [6.45, 7) is 3.69. The second-order valence-electron chi connectivity index (χ2n) is 7.04. The molecule has 1 unspecified atom stereocenters. The fourth-order valence-corrected chi connectivity index (χ4v) is 3.81. The van der Waals surface area contributed by atoms with Gasteiger partial charge in [-0.1, -0.05) is 11.6 Å². The van der Waals surface area contributed by atoms with E-state index in [1.54, 1.807) is 6.92 Å². The summed E-state index contributed by atoms with van der Waals surface area (Å²) in [6, 6.07) is 4.74. The van der Waals surface area contributed by atoms with Crippen LogP contribution >= 0.6 is 11.6 Å². The number of nitrogens with zero attached hydrogens (tertiary/aromatic N) is 3. The minimum absolute atomic E-state index is 0.0478. The van der Waals surface area contributed by atoms with Crippen LogP contribution in [0.3, 0.4) is 0 Å². The number of aromatic nitrogens is 2. The van der Waals surface area contributed by atoms with Gasteiger partial charge in [0.15, 0.2) is 0 Å². The van der Waals surface area contributed by atoms with Gasteiger partial charge in [0.1, 0.15) is 12.0 Å². The van der Waals surface area contributed by atoms with E-state index in [9.17, 15) is 4.79 Å². The number of hydrogen-bond donors (Lipinski definition) is 0. The lowest BCUT2D eigenvalue weighted by Crippen LogP contribution is -2.40. The quantitative estimate of drug-likeness (QED) is 0.734. The van der Waals surface area contributed by atoms with Gasteiger partial charge in [-0.3, -0.25) is 9.48 Å². The molecule has 0 saturated heterocycles. The number of amides is 1. The van der Waals surface area contributed by atoms with Crippen LogP contribution in [0.1, 0.15) is 44.7 Å². The standard InChI is InChI=1S/C20H22ClN3O2/c1-13-3-6-18-19(24(13)14(2)25)8-7-17(20(18)26-10-9-21)15-11-22-23(12-15)16-4-5-16/h7-13,16H,3-6H2,1-2H3/b10-9+. The third-order valence-corrected chi connectivity index (χ3v) is 5.26. The Balaban J connectivity index is 1.82. The maximum Gasteiger partial charge on any atom is 0.224 e. The summed E-state index contributed by atoms with van der Waals surface area (Å²) >= 11 is 5.70. The molecule has 1 aromatic heterocycles. The van der Waals surface area contributed by atoms with Crippen molar-refractivity contribution in [3.63, 3.8) is 0 Å². The predicted molar refractivity (Wildman–Crippen MR) is 102 cm³/mol. The van der Waals surface area contributed by atoms with Crippen molar-refractivity contribution in [2.24, 2.45) is 0 Å². The molecule has 1 atom stereocenters. The molecule has 0 N–H and O–H groups in total. The van der Waals surface area contributed by atoms with Gasteiger partial charge in [-0.2, -0.15) is 5.10 Å². The molecule has 6 heteroatoms. The fourth-order valence-electron chi connectivity index (χ4n) is 3.76. The fraction of sp³-hybridized carbons (Fsp3) is 0.400. The number of benzene rings is 1. The number of carbonyl (C=O) groups is 1. The highest BCUT2D eigenvalue weighted by Gasteiger charge is 2.30. The summed E-state index contributed by atoms with van der Waals surface area (Å²) in [7, 11) is 0. The first-order valence-corrected chi connectivity index (χ1v) is 9.46. The van der Waals surface area contributed by atoms with Crippen molar-refractivity contribution >= 4 is 23.2 Å². The highest BCUT2D eigenvalue weighted by molar-refractivity contribution is 6.25. The molecule has 1 fully saturated rings. The number of hydrogen-bond acceptors (Lipinski definition) is 3. The molecule has 4 rings (SSSR count). The molecule has 2 aliphatic rings. The van der Waals surface area contributed by atoms with E-state index in [1.165, 1.54) is 24.6 Å². The van der Waals surface area contributed by atoms with Crippen molar-refractivity contribution in [1.82, 2.24) is 9.78 Å². The molecule has 0 radical (unpaired) electrons. The van der Waals surface area contributed by atoms with E-state index in [-0.39, 0.29) is 11.9 Å². The first-order chi connectivity index (χ1) is 12.6. The molecular formula is C20H22ClN3O2. The van der Waals surface area contributed by atoms with Crippen LogP contribution in [0.25, 0.3) is 11.1 Å². The number of anilines is 1. The maximum atomic E-state index is 12.2. The third kappa shape index (κ3) is 3.01. The van der Waals surface area contributed by atoms with Gasteiger partial charge in [0.05, 0.1) is 17.9 Å². The molecule has 5 nitrogen and oxygen atoms in total. The van der Waals surface area contributed by atoms with Gasteiger partial charge in [-0.15, -0.1) is 0 Å². The van der Waals surface area contributed by atoms with Crippen molar-refractivity contribution in [2.45, 2.75) is 51.6 Å². The van der Waals surface area contributed by atoms with E-state index in [0.29, 0.717) is 6.04 Å². The highest BCUT2D eigenvalue weighted by Crippen LogP contribution is 2.44. The van der Waals surface area contributed by atoms with Gasteiger partial charge in [-0.05, 0) is 44.7 Å². The zero-order chi connectivity index (χ0) is 18.3. The molecule has 26 heavy (non-hydrogen) atoms. The monoisotopic (exact) mass is 371 g/mol. The van der Waals surface area contributed by atoms with E-state index in [1.807, 2.05) is 27.9 Å². The van der Waals surface area contributed by atoms with Gasteiger partial charge < -0.3 is 9.64 Å². The Hall–Kier alpha value is -2.27. The number of halogens is 1. The van der Waals surface area contributed by atoms with Gasteiger partial charge >= 0.3 is 0 Å². The third-order valence-electron chi connectivity index (χ3n) is 5.16. The topological polar surface area (TPSA) is 47.4 Å². The smallest absolute Gasteiger partial charge is 0.224 e. The minimum Gasteiger partial charge on any atom is -0.463 e. The zero-order valence-electron chi connectivity index (χ0n) is 15.0. The van der Waals surface area contributed by atoms with Crippen molar-refractivity contribution in [2.75, 3.05) is 4.90 Å². The molecule has 0 spiro atoms. The predicted octanol–water partition coefficient (Wildman–Crippen LogP) is 4.66. The van der Waals surface area contributed by atoms with Gasteiger partial charge in [-0.25, -0.2) is 0 Å². The molecule has 1 amide bonds. The summed E-state index contributed by atoms with van der Waals surface area (Å²) in [5.74, 6) is 0.805. The number of rotatable bonds is 4. The zero-order valence-corrected chi connectivity index (χ0v) is 15.7. The average molecular weight is 372 g/mol. The Morgan fingerprint density at radius 1 is 1.35 bits per heavy atom. The lowest BCUT2D eigenvalue weighted by Gasteiger charge is -2.35. The molecule has 2 aromatic rings. The van der Waals surface area contributed by atoms with Crippen LogP contribution in [0, 0.1) is 0 Å². The van der Waals surface area contributed by atoms with Crippen molar-refractivity contribution in [1.29, 1.82) is 0 Å². The van der Waals surface area contributed by atoms with E-state index in [0.717, 1.165) is 41.0 Å². The number of carbonyl (C=O) groups excluding carboxylic acids is 1. The van der Waals surface area contributed by atoms with Crippen LogP contribution in [0.15, 0.2) is 36.3 Å². The lowest BCUT2D eigenvalue weighted by molar-refractivity contribution is -0.117. The van der Waals surface area contributed by atoms with Crippen molar-refractivity contribution in [3.05, 3.63) is 41.9 Å². The Kier molecular flexibility index (Phi) is 4.49. The largest absolute Gasteiger partial charge is 0.463 e. The molecule has 1 saturated carbocycles. The Morgan fingerprint density at radius 3 is 2.85 bits per heavy atom. The maximum absolute atomic E-state index is 12.2. The Morgan fingerprint density at radius 2 is 2.15 bits per heavy atom. The first kappa shape index (κ1) is 17.2. The van der Waals surface area contributed by atoms with E-state index in [4.69, 9.17) is 16.3 Å². The molecule has 1 aliphatic carbocycles. The minimum atomic E-state index is 0.0478. The van der Waals surface area contributed by atoms with E-state index >= 15 is 0 Å². The molecule has 136 valence electrons. The Bertz CT molecular complexity index is 870. The summed E-state index contributed by atoms with van der Waals surface area (Å²) in [5.41, 5.74) is 5.32. The van der Waals surface area contributed by atoms with Crippen LogP contribution in [-0.2, 0) is 11.2 Å². The normalized spacial score (nSPS) is 19.7. The first-order valence-electron chi connectivity index (χ1n) is 9.02. The molecule has 2 heterocycles. The molecule has 0 bridgehead atoms. The molecule has 1 aliphatic heterocycles. The summed E-state index contributed by atoms with van der Waals surface area (Å²) in [5, 5.41) is 4.50. The van der Waals surface area contributed by atoms with Crippen LogP contribution in [-0.4, -0.2) is 21.7 Å². The van der Waals surface area contributed by atoms with Gasteiger partial charge in [0.2, 0.25) is 5.91 Å². The van der Waals surface area contributed by atoms with Crippen LogP contribution < -0.4 is 9.64 Å². The van der Waals surface area contributed by atoms with Crippen LogP contribution in [0.4, 0.5) is 5.69 Å². The Labute approximate surface area is 158 Å². The summed E-state index contributed by atoms with van der Waals surface area (Å²) in [4.78, 5) is 14.0. The second-order valence-corrected chi connectivity index (χ2v) is 7.29. The number of ether oxygens (including phenoxy) is 1. The van der Waals surface area contributed by atoms with Gasteiger partial charge in [0.25, 0.3) is 0 Å². The highest BCUT2D eigenvalue weighted by atomic mass is 35.5. The summed E-state index contributed by atoms with van der Waals surface area (Å²) in [6.07, 6.45) is 9.57.